The van der Waals surface area contributed by atoms with E-state index in [1.165, 1.54) is 5.56 Å². The molecule has 0 saturated carbocycles. The summed E-state index contributed by atoms with van der Waals surface area (Å²) in [5.74, 6) is 1.90. The zero-order chi connectivity index (χ0) is 23.2. The van der Waals surface area contributed by atoms with Gasteiger partial charge in [0, 0.05) is 36.5 Å². The number of carbonyl (C=O) groups excluding carboxylic acids is 1. The largest absolute Gasteiger partial charge is 0.441 e. The van der Waals surface area contributed by atoms with E-state index in [0.717, 1.165) is 29.0 Å². The maximum absolute atomic E-state index is 12.5. The Morgan fingerprint density at radius 2 is 1.82 bits per heavy atom. The molecule has 4 rings (SSSR count). The van der Waals surface area contributed by atoms with Crippen molar-refractivity contribution in [3.05, 3.63) is 90.5 Å². The van der Waals surface area contributed by atoms with Crippen LogP contribution in [0.2, 0.25) is 0 Å². The molecule has 2 aromatic heterocycles. The van der Waals surface area contributed by atoms with Crippen molar-refractivity contribution in [2.24, 2.45) is 5.92 Å². The number of carbonyl (C=O) groups is 1. The predicted octanol–water partition coefficient (Wildman–Crippen LogP) is 5.54. The maximum atomic E-state index is 12.5. The molecule has 0 bridgehead atoms. The Kier molecular flexibility index (Phi) is 7.03. The summed E-state index contributed by atoms with van der Waals surface area (Å²) in [6.45, 7) is 6.41. The molecule has 0 radical (unpaired) electrons. The number of nitrogens with one attached hydrogen (secondary N) is 1. The molecule has 2 heterocycles. The SMILES string of the molecule is CC(C)Cc1ccc(-c2cnc(CCC(=O)N[C@H](C)c3ccc(-n4ccnc4)cc3)o2)cc1. The predicted molar refractivity (Wildman–Crippen MR) is 129 cm³/mol. The molecule has 0 aliphatic heterocycles. The molecule has 1 N–H and O–H groups in total. The Morgan fingerprint density at radius 1 is 1.06 bits per heavy atom. The molecule has 6 nitrogen and oxygen atoms in total. The van der Waals surface area contributed by atoms with Crippen LogP contribution in [0.3, 0.4) is 0 Å². The second kappa shape index (κ2) is 10.3. The van der Waals surface area contributed by atoms with Gasteiger partial charge < -0.3 is 14.3 Å². The van der Waals surface area contributed by atoms with Crippen LogP contribution in [-0.2, 0) is 17.6 Å². The number of nitrogens with zero attached hydrogens (tertiary/aromatic N) is 3. The topological polar surface area (TPSA) is 73.0 Å². The summed E-state index contributed by atoms with van der Waals surface area (Å²) < 4.78 is 7.82. The van der Waals surface area contributed by atoms with Gasteiger partial charge in [-0.2, -0.15) is 0 Å². The Hall–Kier alpha value is -3.67. The highest BCUT2D eigenvalue weighted by Crippen LogP contribution is 2.22. The summed E-state index contributed by atoms with van der Waals surface area (Å²) in [7, 11) is 0. The van der Waals surface area contributed by atoms with Gasteiger partial charge in [-0.05, 0) is 42.5 Å². The standard InChI is InChI=1S/C27H30N4O2/c1-19(2)16-21-4-6-23(7-5-21)25-17-29-27(33-25)13-12-26(32)30-20(3)22-8-10-24(11-9-22)31-15-14-28-18-31/h4-11,14-15,17-20H,12-13,16H2,1-3H3,(H,30,32)/t20-/m1/s1. The van der Waals surface area contributed by atoms with Crippen LogP contribution in [0.4, 0.5) is 0 Å². The molecule has 0 aliphatic rings. The van der Waals surface area contributed by atoms with Gasteiger partial charge >= 0.3 is 0 Å². The highest BCUT2D eigenvalue weighted by atomic mass is 16.4. The highest BCUT2D eigenvalue weighted by molar-refractivity contribution is 5.76. The fraction of sp³-hybridized carbons (Fsp3) is 0.296. The fourth-order valence-corrected chi connectivity index (χ4v) is 3.80. The van der Waals surface area contributed by atoms with E-state index in [1.54, 1.807) is 18.7 Å². The quantitative estimate of drug-likeness (QED) is 0.370. The average molecular weight is 443 g/mol. The Morgan fingerprint density at radius 3 is 2.48 bits per heavy atom. The molecule has 170 valence electrons. The van der Waals surface area contributed by atoms with Crippen molar-refractivity contribution < 1.29 is 9.21 Å². The van der Waals surface area contributed by atoms with Crippen molar-refractivity contribution in [3.8, 4) is 17.0 Å². The molecule has 4 aromatic rings. The van der Waals surface area contributed by atoms with E-state index in [0.29, 0.717) is 24.7 Å². The van der Waals surface area contributed by atoms with Gasteiger partial charge in [0.05, 0.1) is 18.6 Å². The first-order valence-corrected chi connectivity index (χ1v) is 11.4. The van der Waals surface area contributed by atoms with E-state index >= 15 is 0 Å². The summed E-state index contributed by atoms with van der Waals surface area (Å²) in [5.41, 5.74) is 4.39. The summed E-state index contributed by atoms with van der Waals surface area (Å²) in [5, 5.41) is 3.05. The lowest BCUT2D eigenvalue weighted by atomic mass is 10.0. The average Bonchev–Trinajstić information content (AvgIpc) is 3.50. The van der Waals surface area contributed by atoms with E-state index in [4.69, 9.17) is 4.42 Å². The van der Waals surface area contributed by atoms with Gasteiger partial charge in [-0.3, -0.25) is 4.79 Å². The van der Waals surface area contributed by atoms with E-state index in [1.807, 2.05) is 42.0 Å². The monoisotopic (exact) mass is 442 g/mol. The number of hydrogen-bond acceptors (Lipinski definition) is 4. The van der Waals surface area contributed by atoms with Gasteiger partial charge in [0.25, 0.3) is 0 Å². The van der Waals surface area contributed by atoms with Crippen molar-refractivity contribution in [3.63, 3.8) is 0 Å². The third-order valence-electron chi connectivity index (χ3n) is 5.58. The molecule has 0 spiro atoms. The zero-order valence-corrected chi connectivity index (χ0v) is 19.4. The minimum atomic E-state index is -0.0844. The number of imidazole rings is 1. The Balaban J connectivity index is 1.28. The smallest absolute Gasteiger partial charge is 0.220 e. The van der Waals surface area contributed by atoms with Crippen LogP contribution in [0.1, 0.15) is 50.3 Å². The molecule has 0 saturated heterocycles. The highest BCUT2D eigenvalue weighted by Gasteiger charge is 2.13. The van der Waals surface area contributed by atoms with Crippen LogP contribution < -0.4 is 5.32 Å². The van der Waals surface area contributed by atoms with Crippen molar-refractivity contribution in [1.82, 2.24) is 19.9 Å². The summed E-state index contributed by atoms with van der Waals surface area (Å²) in [4.78, 5) is 20.9. The lowest BCUT2D eigenvalue weighted by Crippen LogP contribution is -2.26. The van der Waals surface area contributed by atoms with E-state index < -0.39 is 0 Å². The van der Waals surface area contributed by atoms with E-state index in [2.05, 4.69) is 53.4 Å². The van der Waals surface area contributed by atoms with Crippen molar-refractivity contribution in [1.29, 1.82) is 0 Å². The Bertz CT molecular complexity index is 1160. The minimum Gasteiger partial charge on any atom is -0.441 e. The fourth-order valence-electron chi connectivity index (χ4n) is 3.80. The van der Waals surface area contributed by atoms with Crippen LogP contribution >= 0.6 is 0 Å². The van der Waals surface area contributed by atoms with Crippen LogP contribution in [0, 0.1) is 5.92 Å². The number of benzene rings is 2. The lowest BCUT2D eigenvalue weighted by molar-refractivity contribution is -0.121. The second-order valence-electron chi connectivity index (χ2n) is 8.76. The molecule has 1 amide bonds. The first kappa shape index (κ1) is 22.5. The first-order chi connectivity index (χ1) is 16.0. The third kappa shape index (κ3) is 5.98. The van der Waals surface area contributed by atoms with Crippen molar-refractivity contribution >= 4 is 5.91 Å². The van der Waals surface area contributed by atoms with Gasteiger partial charge in [-0.15, -0.1) is 0 Å². The number of aromatic nitrogens is 3. The number of rotatable bonds is 9. The van der Waals surface area contributed by atoms with Crippen LogP contribution in [0.5, 0.6) is 0 Å². The molecule has 6 heteroatoms. The van der Waals surface area contributed by atoms with Gasteiger partial charge in [-0.25, -0.2) is 9.97 Å². The van der Waals surface area contributed by atoms with E-state index in [9.17, 15) is 4.79 Å². The normalized spacial score (nSPS) is 12.1. The van der Waals surface area contributed by atoms with Crippen molar-refractivity contribution in [2.45, 2.75) is 46.1 Å². The molecule has 1 atom stereocenters. The molecular formula is C27H30N4O2. The molecule has 0 unspecified atom stereocenters. The Labute approximate surface area is 194 Å². The first-order valence-electron chi connectivity index (χ1n) is 11.4. The number of hydrogen-bond donors (Lipinski definition) is 1. The molecule has 0 aliphatic carbocycles. The van der Waals surface area contributed by atoms with Crippen LogP contribution in [-0.4, -0.2) is 20.4 Å². The zero-order valence-electron chi connectivity index (χ0n) is 19.4. The lowest BCUT2D eigenvalue weighted by Gasteiger charge is -2.15. The minimum absolute atomic E-state index is 0.0287. The van der Waals surface area contributed by atoms with Gasteiger partial charge in [-0.1, -0.05) is 50.2 Å². The molecule has 0 fully saturated rings. The van der Waals surface area contributed by atoms with Crippen LogP contribution in [0.25, 0.3) is 17.0 Å². The summed E-state index contributed by atoms with van der Waals surface area (Å²) in [6.07, 6.45) is 8.98. The third-order valence-corrected chi connectivity index (χ3v) is 5.58. The summed E-state index contributed by atoms with van der Waals surface area (Å²) in [6, 6.07) is 16.4. The maximum Gasteiger partial charge on any atom is 0.220 e. The van der Waals surface area contributed by atoms with Gasteiger partial charge in [0.1, 0.15) is 0 Å². The molecule has 2 aromatic carbocycles. The number of oxazole rings is 1. The van der Waals surface area contributed by atoms with Gasteiger partial charge in [0.15, 0.2) is 11.7 Å². The number of amides is 1. The molecular weight excluding hydrogens is 412 g/mol. The summed E-state index contributed by atoms with van der Waals surface area (Å²) >= 11 is 0. The molecule has 33 heavy (non-hydrogen) atoms. The van der Waals surface area contributed by atoms with Gasteiger partial charge in [0.2, 0.25) is 5.91 Å². The van der Waals surface area contributed by atoms with E-state index in [-0.39, 0.29) is 11.9 Å². The number of aryl methyl sites for hydroxylation is 1. The van der Waals surface area contributed by atoms with Crippen LogP contribution in [0.15, 0.2) is 77.9 Å². The second-order valence-corrected chi connectivity index (χ2v) is 8.76. The van der Waals surface area contributed by atoms with Crippen molar-refractivity contribution in [2.75, 3.05) is 0 Å².